The lowest BCUT2D eigenvalue weighted by Gasteiger charge is -2.31. The van der Waals surface area contributed by atoms with Gasteiger partial charge in [-0.1, -0.05) is 64.7 Å². The van der Waals surface area contributed by atoms with Gasteiger partial charge in [-0.05, 0) is 64.4 Å². The molecule has 2 rings (SSSR count). The third-order valence-electron chi connectivity index (χ3n) is 11.4. The highest BCUT2D eigenvalue weighted by Crippen LogP contribution is 2.33. The van der Waals surface area contributed by atoms with Gasteiger partial charge in [0, 0.05) is 73.3 Å². The van der Waals surface area contributed by atoms with E-state index in [9.17, 15) is 38.4 Å². The standard InChI is InChI=1S/C49H78O17/c1-10-11-12-13-14-15-16-17-18-19-20-43(62-35(6)53)44(63-36(7)54)24-22-41(60-33(4)51)29-42(61-34(5)52)30-48(65-38(9)56)47-26-25-46(66-47)45(64-37(8)55)23-21-40(59-32(3)50)28-39-27-31(2)58-49(39)57/h27,31,40-48H,10-26,28-30H2,1-9H3/t31?,40?,41-,42+,43+,44+,45-,46+,47+,48+/m1/s1. The Hall–Kier alpha value is -4.54. The van der Waals surface area contributed by atoms with Gasteiger partial charge in [0.25, 0.3) is 0 Å². The quantitative estimate of drug-likeness (QED) is 0.0346. The summed E-state index contributed by atoms with van der Waals surface area (Å²) in [5, 5.41) is 0. The first-order valence-corrected chi connectivity index (χ1v) is 24.0. The first-order chi connectivity index (χ1) is 31.3. The first kappa shape index (κ1) is 57.6. The van der Waals surface area contributed by atoms with Gasteiger partial charge < -0.3 is 42.6 Å². The van der Waals surface area contributed by atoms with Gasteiger partial charge in [0.05, 0.1) is 12.2 Å². The number of esters is 8. The molecule has 0 saturated carbocycles. The molecule has 0 bridgehead atoms. The third kappa shape index (κ3) is 24.8. The molecule has 2 aliphatic rings. The third-order valence-corrected chi connectivity index (χ3v) is 11.4. The molecule has 0 aromatic carbocycles. The van der Waals surface area contributed by atoms with Crippen LogP contribution < -0.4 is 0 Å². The van der Waals surface area contributed by atoms with Crippen molar-refractivity contribution < 1.29 is 81.0 Å². The fraction of sp³-hybridized carbons (Fsp3) is 0.796. The molecule has 0 aromatic heterocycles. The lowest BCUT2D eigenvalue weighted by Crippen LogP contribution is -2.39. The minimum atomic E-state index is -0.952. The Labute approximate surface area is 391 Å². The Morgan fingerprint density at radius 1 is 0.515 bits per heavy atom. The van der Waals surface area contributed by atoms with Crippen molar-refractivity contribution in [3.63, 3.8) is 0 Å². The lowest BCUT2D eigenvalue weighted by molar-refractivity contribution is -0.170. The van der Waals surface area contributed by atoms with E-state index in [1.54, 1.807) is 13.0 Å². The molecule has 10 atom stereocenters. The molecule has 0 spiro atoms. The van der Waals surface area contributed by atoms with Crippen molar-refractivity contribution in [2.75, 3.05) is 0 Å². The Morgan fingerprint density at radius 3 is 1.45 bits per heavy atom. The zero-order valence-corrected chi connectivity index (χ0v) is 40.9. The maximum absolute atomic E-state index is 12.5. The van der Waals surface area contributed by atoms with Crippen LogP contribution in [0.4, 0.5) is 0 Å². The van der Waals surface area contributed by atoms with Gasteiger partial charge in [0.2, 0.25) is 0 Å². The number of hydrogen-bond acceptors (Lipinski definition) is 17. The van der Waals surface area contributed by atoms with Gasteiger partial charge in [-0.25, -0.2) is 4.79 Å². The summed E-state index contributed by atoms with van der Waals surface area (Å²) in [5.74, 6) is -4.54. The summed E-state index contributed by atoms with van der Waals surface area (Å²) in [4.78, 5) is 98.6. The van der Waals surface area contributed by atoms with Gasteiger partial charge in [0.1, 0.15) is 48.8 Å². The van der Waals surface area contributed by atoms with Gasteiger partial charge >= 0.3 is 47.8 Å². The molecule has 66 heavy (non-hydrogen) atoms. The SMILES string of the molecule is CCCCCCCCCCCC[C@H](OC(C)=O)[C@H](CC[C@H](C[C@@H](C[C@H](OC(C)=O)[C@@H]1CC[C@@H]([C@@H](CCC(CC2=CC(C)OC2=O)OC(C)=O)OC(C)=O)O1)OC(C)=O)OC(C)=O)OC(C)=O. The van der Waals surface area contributed by atoms with Crippen LogP contribution in [0.3, 0.4) is 0 Å². The molecule has 0 radical (unpaired) electrons. The molecular formula is C49H78O17. The molecule has 17 nitrogen and oxygen atoms in total. The molecule has 0 amide bonds. The number of hydrogen-bond donors (Lipinski definition) is 0. The monoisotopic (exact) mass is 939 g/mol. The van der Waals surface area contributed by atoms with Crippen LogP contribution in [0.15, 0.2) is 11.6 Å². The number of ether oxygens (including phenoxy) is 9. The number of cyclic esters (lactones) is 1. The summed E-state index contributed by atoms with van der Waals surface area (Å²) >= 11 is 0. The summed E-state index contributed by atoms with van der Waals surface area (Å²) in [6.07, 6.45) is 7.20. The number of carbonyl (C=O) groups is 8. The summed E-state index contributed by atoms with van der Waals surface area (Å²) in [7, 11) is 0. The van der Waals surface area contributed by atoms with Crippen LogP contribution >= 0.6 is 0 Å². The van der Waals surface area contributed by atoms with E-state index >= 15 is 0 Å². The van der Waals surface area contributed by atoms with E-state index in [2.05, 4.69) is 6.92 Å². The smallest absolute Gasteiger partial charge is 0.334 e. The summed E-state index contributed by atoms with van der Waals surface area (Å²) < 4.78 is 51.5. The van der Waals surface area contributed by atoms with Crippen LogP contribution in [0.2, 0.25) is 0 Å². The normalized spacial score (nSPS) is 20.0. The highest BCUT2D eigenvalue weighted by Gasteiger charge is 2.41. The fourth-order valence-corrected chi connectivity index (χ4v) is 8.76. The average molecular weight is 939 g/mol. The number of unbranched alkanes of at least 4 members (excludes halogenated alkanes) is 9. The Balaban J connectivity index is 2.21. The highest BCUT2D eigenvalue weighted by molar-refractivity contribution is 5.91. The van der Waals surface area contributed by atoms with Crippen LogP contribution in [0, 0.1) is 0 Å². The second-order valence-electron chi connectivity index (χ2n) is 17.7. The fourth-order valence-electron chi connectivity index (χ4n) is 8.76. The minimum absolute atomic E-state index is 0.0209. The van der Waals surface area contributed by atoms with E-state index in [1.807, 2.05) is 0 Å². The van der Waals surface area contributed by atoms with Crippen molar-refractivity contribution >= 4 is 47.8 Å². The molecule has 2 unspecified atom stereocenters. The summed E-state index contributed by atoms with van der Waals surface area (Å²) in [6.45, 7) is 12.7. The zero-order chi connectivity index (χ0) is 49.2. The summed E-state index contributed by atoms with van der Waals surface area (Å²) in [5.41, 5.74) is 0.382. The number of rotatable bonds is 33. The molecule has 376 valence electrons. The van der Waals surface area contributed by atoms with Crippen molar-refractivity contribution in [1.29, 1.82) is 0 Å². The highest BCUT2D eigenvalue weighted by atomic mass is 16.6. The minimum Gasteiger partial charge on any atom is -0.462 e. The molecular weight excluding hydrogens is 861 g/mol. The summed E-state index contributed by atoms with van der Waals surface area (Å²) in [6, 6.07) is 0. The van der Waals surface area contributed by atoms with Gasteiger partial charge in [-0.2, -0.15) is 0 Å². The van der Waals surface area contributed by atoms with E-state index in [0.29, 0.717) is 24.8 Å². The largest absolute Gasteiger partial charge is 0.462 e. The van der Waals surface area contributed by atoms with Crippen molar-refractivity contribution in [3.05, 3.63) is 11.6 Å². The predicted octanol–water partition coefficient (Wildman–Crippen LogP) is 7.97. The van der Waals surface area contributed by atoms with Crippen LogP contribution in [0.1, 0.15) is 191 Å². The van der Waals surface area contributed by atoms with Crippen molar-refractivity contribution in [2.24, 2.45) is 0 Å². The molecule has 0 N–H and O–H groups in total. The molecule has 1 saturated heterocycles. The van der Waals surface area contributed by atoms with Crippen molar-refractivity contribution in [2.45, 2.75) is 252 Å². The Morgan fingerprint density at radius 2 is 0.955 bits per heavy atom. The maximum Gasteiger partial charge on any atom is 0.334 e. The van der Waals surface area contributed by atoms with Crippen molar-refractivity contribution in [3.8, 4) is 0 Å². The van der Waals surface area contributed by atoms with Crippen LogP contribution in [0.25, 0.3) is 0 Å². The second kappa shape index (κ2) is 31.4. The molecule has 0 aliphatic carbocycles. The lowest BCUT2D eigenvalue weighted by atomic mass is 9.95. The first-order valence-electron chi connectivity index (χ1n) is 24.0. The Kier molecular flexibility index (Phi) is 27.4. The van der Waals surface area contributed by atoms with Crippen molar-refractivity contribution in [1.82, 2.24) is 0 Å². The molecule has 17 heteroatoms. The zero-order valence-electron chi connectivity index (χ0n) is 40.9. The molecule has 2 aliphatic heterocycles. The van der Waals surface area contributed by atoms with E-state index in [4.69, 9.17) is 42.6 Å². The van der Waals surface area contributed by atoms with E-state index < -0.39 is 109 Å². The topological polar surface area (TPSA) is 220 Å². The number of carbonyl (C=O) groups excluding carboxylic acids is 8. The van der Waals surface area contributed by atoms with Gasteiger partial charge in [-0.3, -0.25) is 33.6 Å². The average Bonchev–Trinajstić information content (AvgIpc) is 3.82. The van der Waals surface area contributed by atoms with Crippen LogP contribution in [0.5, 0.6) is 0 Å². The van der Waals surface area contributed by atoms with Gasteiger partial charge in [0.15, 0.2) is 0 Å². The van der Waals surface area contributed by atoms with E-state index in [0.717, 1.165) is 25.7 Å². The van der Waals surface area contributed by atoms with Crippen LogP contribution in [-0.4, -0.2) is 109 Å². The van der Waals surface area contributed by atoms with Gasteiger partial charge in [-0.15, -0.1) is 0 Å². The second-order valence-corrected chi connectivity index (χ2v) is 17.7. The van der Waals surface area contributed by atoms with Crippen LogP contribution in [-0.2, 0) is 81.0 Å². The van der Waals surface area contributed by atoms with E-state index in [1.165, 1.54) is 87.0 Å². The molecule has 0 aromatic rings. The maximum atomic E-state index is 12.5. The van der Waals surface area contributed by atoms with E-state index in [-0.39, 0.29) is 44.9 Å². The predicted molar refractivity (Wildman–Crippen MR) is 239 cm³/mol. The molecule has 1 fully saturated rings. The molecule has 2 heterocycles. The Bertz CT molecular complexity index is 1590.